The van der Waals surface area contributed by atoms with Crippen molar-refractivity contribution in [3.05, 3.63) is 36.9 Å². The molecule has 0 radical (unpaired) electrons. The Kier molecular flexibility index (Phi) is 2.58. The second-order valence-electron chi connectivity index (χ2n) is 5.77. The third-order valence-electron chi connectivity index (χ3n) is 4.44. The molecule has 0 aliphatic heterocycles. The lowest BCUT2D eigenvalue weighted by atomic mass is 10.0. The Morgan fingerprint density at radius 3 is 2.75 bits per heavy atom. The van der Waals surface area contributed by atoms with Crippen molar-refractivity contribution in [1.82, 2.24) is 14.8 Å². The number of fused-ring (bicyclic) bond motifs is 1. The normalized spacial score (nSPS) is 27.1. The highest BCUT2D eigenvalue weighted by molar-refractivity contribution is 5.94. The monoisotopic (exact) mass is 268 g/mol. The topological polar surface area (TPSA) is 59.8 Å². The molecule has 1 N–H and O–H groups in total. The van der Waals surface area contributed by atoms with Crippen molar-refractivity contribution in [1.29, 1.82) is 0 Å². The van der Waals surface area contributed by atoms with E-state index in [1.54, 1.807) is 11.0 Å². The molecule has 1 aromatic heterocycles. The standard InChI is InChI=1S/C15H16N4O/c20-15(12-6-10-5-11(10)7-12)18-13-3-1-2-4-14(13)19-9-16-8-17-19/h1-4,8-12H,5-7H2,(H,18,20). The SMILES string of the molecule is O=C(Nc1ccccc1-n1cncn1)C1CC2CC2C1. The van der Waals surface area contributed by atoms with E-state index in [2.05, 4.69) is 15.4 Å². The van der Waals surface area contributed by atoms with Crippen LogP contribution < -0.4 is 5.32 Å². The maximum absolute atomic E-state index is 12.3. The van der Waals surface area contributed by atoms with Crippen LogP contribution in [-0.4, -0.2) is 20.7 Å². The minimum atomic E-state index is 0.143. The van der Waals surface area contributed by atoms with Crippen molar-refractivity contribution < 1.29 is 4.79 Å². The van der Waals surface area contributed by atoms with Gasteiger partial charge in [0.25, 0.3) is 0 Å². The fourth-order valence-corrected chi connectivity index (χ4v) is 3.28. The number of para-hydroxylation sites is 2. The number of carbonyl (C=O) groups excluding carboxylic acids is 1. The lowest BCUT2D eigenvalue weighted by Crippen LogP contribution is -2.22. The van der Waals surface area contributed by atoms with Gasteiger partial charge in [-0.15, -0.1) is 0 Å². The molecule has 102 valence electrons. The van der Waals surface area contributed by atoms with Crippen LogP contribution in [0.3, 0.4) is 0 Å². The molecule has 2 atom stereocenters. The van der Waals surface area contributed by atoms with E-state index in [-0.39, 0.29) is 11.8 Å². The number of hydrogen-bond acceptors (Lipinski definition) is 3. The first kappa shape index (κ1) is 11.6. The highest BCUT2D eigenvalue weighted by Crippen LogP contribution is 2.54. The molecule has 0 spiro atoms. The molecular weight excluding hydrogens is 252 g/mol. The van der Waals surface area contributed by atoms with Crippen LogP contribution in [0.1, 0.15) is 19.3 Å². The average Bonchev–Trinajstić information content (AvgIpc) is 2.91. The van der Waals surface area contributed by atoms with Gasteiger partial charge >= 0.3 is 0 Å². The fraction of sp³-hybridized carbons (Fsp3) is 0.400. The van der Waals surface area contributed by atoms with Gasteiger partial charge in [-0.2, -0.15) is 5.10 Å². The second-order valence-corrected chi connectivity index (χ2v) is 5.77. The number of rotatable bonds is 3. The number of nitrogens with zero attached hydrogens (tertiary/aromatic N) is 3. The molecule has 0 saturated heterocycles. The molecule has 1 aromatic carbocycles. The van der Waals surface area contributed by atoms with Crippen LogP contribution in [0.5, 0.6) is 0 Å². The van der Waals surface area contributed by atoms with Crippen LogP contribution in [-0.2, 0) is 4.79 Å². The minimum absolute atomic E-state index is 0.143. The van der Waals surface area contributed by atoms with Crippen molar-refractivity contribution in [2.75, 3.05) is 5.32 Å². The Morgan fingerprint density at radius 2 is 2.00 bits per heavy atom. The van der Waals surface area contributed by atoms with Crippen LogP contribution in [0.4, 0.5) is 5.69 Å². The van der Waals surface area contributed by atoms with Gasteiger partial charge in [0.15, 0.2) is 0 Å². The third-order valence-corrected chi connectivity index (χ3v) is 4.44. The number of amides is 1. The maximum atomic E-state index is 12.3. The van der Waals surface area contributed by atoms with Crippen molar-refractivity contribution in [3.63, 3.8) is 0 Å². The van der Waals surface area contributed by atoms with Gasteiger partial charge in [-0.25, -0.2) is 9.67 Å². The molecule has 1 amide bonds. The summed E-state index contributed by atoms with van der Waals surface area (Å²) in [5, 5.41) is 7.18. The van der Waals surface area contributed by atoms with E-state index >= 15 is 0 Å². The molecular formula is C15H16N4O. The van der Waals surface area contributed by atoms with Gasteiger partial charge in [0.05, 0.1) is 11.4 Å². The third kappa shape index (κ3) is 1.99. The van der Waals surface area contributed by atoms with E-state index in [9.17, 15) is 4.79 Å². The van der Waals surface area contributed by atoms with E-state index < -0.39 is 0 Å². The van der Waals surface area contributed by atoms with E-state index in [0.717, 1.165) is 36.1 Å². The zero-order valence-electron chi connectivity index (χ0n) is 11.1. The van der Waals surface area contributed by atoms with Crippen LogP contribution in [0.15, 0.2) is 36.9 Å². The summed E-state index contributed by atoms with van der Waals surface area (Å²) in [5.74, 6) is 1.96. The minimum Gasteiger partial charge on any atom is -0.324 e. The van der Waals surface area contributed by atoms with Gasteiger partial charge in [0.2, 0.25) is 5.91 Å². The molecule has 2 saturated carbocycles. The smallest absolute Gasteiger partial charge is 0.227 e. The summed E-state index contributed by atoms with van der Waals surface area (Å²) < 4.78 is 1.67. The van der Waals surface area contributed by atoms with Gasteiger partial charge in [-0.3, -0.25) is 4.79 Å². The molecule has 2 aliphatic carbocycles. The summed E-state index contributed by atoms with van der Waals surface area (Å²) in [5.41, 5.74) is 1.64. The van der Waals surface area contributed by atoms with Crippen molar-refractivity contribution in [2.45, 2.75) is 19.3 Å². The zero-order chi connectivity index (χ0) is 13.5. The number of nitrogens with one attached hydrogen (secondary N) is 1. The summed E-state index contributed by atoms with van der Waals surface area (Å²) in [4.78, 5) is 16.3. The molecule has 20 heavy (non-hydrogen) atoms. The number of benzene rings is 1. The zero-order valence-corrected chi connectivity index (χ0v) is 11.1. The molecule has 2 aromatic rings. The Balaban J connectivity index is 1.55. The van der Waals surface area contributed by atoms with E-state index in [1.807, 2.05) is 24.3 Å². The van der Waals surface area contributed by atoms with Crippen LogP contribution in [0.2, 0.25) is 0 Å². The fourth-order valence-electron chi connectivity index (χ4n) is 3.28. The molecule has 5 heteroatoms. The number of anilines is 1. The van der Waals surface area contributed by atoms with E-state index in [1.165, 1.54) is 12.7 Å². The quantitative estimate of drug-likeness (QED) is 0.928. The summed E-state index contributed by atoms with van der Waals surface area (Å²) in [7, 11) is 0. The van der Waals surface area contributed by atoms with Gasteiger partial charge in [-0.05, 0) is 43.2 Å². The van der Waals surface area contributed by atoms with E-state index in [4.69, 9.17) is 0 Å². The first-order valence-electron chi connectivity index (χ1n) is 7.06. The Bertz CT molecular complexity index is 627. The molecule has 5 nitrogen and oxygen atoms in total. The lowest BCUT2D eigenvalue weighted by molar-refractivity contribution is -0.120. The molecule has 2 fully saturated rings. The lowest BCUT2D eigenvalue weighted by Gasteiger charge is -2.14. The summed E-state index contributed by atoms with van der Waals surface area (Å²) >= 11 is 0. The van der Waals surface area contributed by atoms with Crippen molar-refractivity contribution >= 4 is 11.6 Å². The summed E-state index contributed by atoms with van der Waals surface area (Å²) in [6.45, 7) is 0. The molecule has 4 rings (SSSR count). The highest BCUT2D eigenvalue weighted by Gasteiger charge is 2.48. The highest BCUT2D eigenvalue weighted by atomic mass is 16.1. The molecule has 0 bridgehead atoms. The van der Waals surface area contributed by atoms with Crippen LogP contribution >= 0.6 is 0 Å². The molecule has 2 aliphatic rings. The summed E-state index contributed by atoms with van der Waals surface area (Å²) in [6.07, 6.45) is 6.57. The van der Waals surface area contributed by atoms with E-state index in [0.29, 0.717) is 0 Å². The first-order valence-corrected chi connectivity index (χ1v) is 7.06. The average molecular weight is 268 g/mol. The molecule has 2 unspecified atom stereocenters. The van der Waals surface area contributed by atoms with Crippen LogP contribution in [0, 0.1) is 17.8 Å². The largest absolute Gasteiger partial charge is 0.324 e. The number of aromatic nitrogens is 3. The Labute approximate surface area is 117 Å². The predicted octanol–water partition coefficient (Wildman–Crippen LogP) is 2.25. The van der Waals surface area contributed by atoms with Gasteiger partial charge in [0, 0.05) is 5.92 Å². The van der Waals surface area contributed by atoms with Crippen molar-refractivity contribution in [3.8, 4) is 5.69 Å². The van der Waals surface area contributed by atoms with Gasteiger partial charge in [0.1, 0.15) is 12.7 Å². The predicted molar refractivity (Wildman–Crippen MR) is 74.3 cm³/mol. The Hall–Kier alpha value is -2.17. The first-order chi connectivity index (χ1) is 9.81. The van der Waals surface area contributed by atoms with Crippen molar-refractivity contribution in [2.24, 2.45) is 17.8 Å². The Morgan fingerprint density at radius 1 is 1.20 bits per heavy atom. The number of carbonyl (C=O) groups is 1. The van der Waals surface area contributed by atoms with Gasteiger partial charge in [-0.1, -0.05) is 12.1 Å². The summed E-state index contributed by atoms with van der Waals surface area (Å²) in [6, 6.07) is 7.68. The van der Waals surface area contributed by atoms with Crippen LogP contribution in [0.25, 0.3) is 5.69 Å². The maximum Gasteiger partial charge on any atom is 0.227 e. The second kappa shape index (κ2) is 4.44. The number of hydrogen-bond donors (Lipinski definition) is 1. The molecule has 1 heterocycles. The van der Waals surface area contributed by atoms with Gasteiger partial charge < -0.3 is 5.32 Å².